The van der Waals surface area contributed by atoms with Gasteiger partial charge in [0.25, 0.3) is 5.91 Å². The summed E-state index contributed by atoms with van der Waals surface area (Å²) in [6, 6.07) is 3.56. The van der Waals surface area contributed by atoms with Gasteiger partial charge in [-0.2, -0.15) is 10.1 Å². The van der Waals surface area contributed by atoms with Crippen LogP contribution < -0.4 is 10.6 Å². The number of carbonyl (C=O) groups is 2. The maximum absolute atomic E-state index is 12.2. The Labute approximate surface area is 162 Å². The lowest BCUT2D eigenvalue weighted by molar-refractivity contribution is -0.116. The third kappa shape index (κ3) is 4.80. The molecule has 1 aliphatic rings. The Hall–Kier alpha value is -1.97. The van der Waals surface area contributed by atoms with Crippen molar-refractivity contribution in [2.75, 3.05) is 32.0 Å². The Bertz CT molecular complexity index is 742. The number of nitrogens with zero attached hydrogens (tertiary/aromatic N) is 4. The number of amides is 2. The summed E-state index contributed by atoms with van der Waals surface area (Å²) in [6.07, 6.45) is 1.99. The smallest absolute Gasteiger partial charge is 0.264 e. The molecule has 2 amide bonds. The molecule has 2 N–H and O–H groups in total. The van der Waals surface area contributed by atoms with E-state index >= 15 is 0 Å². The standard InChI is InChI=1S/C16H22N6O2S.ClH/c1-21(15(24)12-4-3-9-25-12)10-13(23)18-16-19-14(20-22(16)2)11-5-7-17-8-6-11;/h3-4,9,11,17H,5-8,10H2,1-2H3,(H,18,19,20,23);1H. The summed E-state index contributed by atoms with van der Waals surface area (Å²) in [5, 5.41) is 12.3. The molecule has 142 valence electrons. The molecule has 2 aromatic rings. The number of carbonyl (C=O) groups excluding carboxylic acids is 2. The van der Waals surface area contributed by atoms with E-state index in [9.17, 15) is 9.59 Å². The molecular weight excluding hydrogens is 376 g/mol. The summed E-state index contributed by atoms with van der Waals surface area (Å²) in [5.41, 5.74) is 0. The van der Waals surface area contributed by atoms with E-state index in [1.807, 2.05) is 11.4 Å². The molecular formula is C16H23ClN6O2S. The molecule has 10 heteroatoms. The van der Waals surface area contributed by atoms with Crippen molar-refractivity contribution in [3.8, 4) is 0 Å². The average molecular weight is 399 g/mol. The third-order valence-electron chi connectivity index (χ3n) is 4.19. The lowest BCUT2D eigenvalue weighted by Crippen LogP contribution is -2.35. The van der Waals surface area contributed by atoms with Gasteiger partial charge >= 0.3 is 0 Å². The summed E-state index contributed by atoms with van der Waals surface area (Å²) in [7, 11) is 3.37. The zero-order valence-corrected chi connectivity index (χ0v) is 16.4. The van der Waals surface area contributed by atoms with E-state index in [4.69, 9.17) is 0 Å². The number of likely N-dealkylation sites (N-methyl/N-ethyl adjacent to an activating group) is 1. The van der Waals surface area contributed by atoms with Crippen LogP contribution in [-0.2, 0) is 11.8 Å². The van der Waals surface area contributed by atoms with Crippen molar-refractivity contribution in [2.45, 2.75) is 18.8 Å². The topological polar surface area (TPSA) is 92.2 Å². The first kappa shape index (κ1) is 20.3. The number of nitrogens with one attached hydrogen (secondary N) is 2. The Kier molecular flexibility index (Phi) is 7.13. The molecule has 1 aliphatic heterocycles. The van der Waals surface area contributed by atoms with Crippen LogP contribution in [0.1, 0.15) is 34.3 Å². The molecule has 3 heterocycles. The van der Waals surface area contributed by atoms with E-state index in [0.717, 1.165) is 31.8 Å². The quantitative estimate of drug-likeness (QED) is 0.795. The van der Waals surface area contributed by atoms with Crippen LogP contribution in [0.3, 0.4) is 0 Å². The molecule has 0 aromatic carbocycles. The van der Waals surface area contributed by atoms with Crippen molar-refractivity contribution in [1.82, 2.24) is 25.0 Å². The number of rotatable bonds is 5. The van der Waals surface area contributed by atoms with Crippen LogP contribution in [-0.4, -0.2) is 58.2 Å². The summed E-state index contributed by atoms with van der Waals surface area (Å²) in [4.78, 5) is 30.9. The van der Waals surface area contributed by atoms with Crippen LogP contribution in [0.5, 0.6) is 0 Å². The molecule has 0 saturated carbocycles. The zero-order valence-electron chi connectivity index (χ0n) is 14.8. The number of hydrogen-bond acceptors (Lipinski definition) is 6. The summed E-state index contributed by atoms with van der Waals surface area (Å²) >= 11 is 1.36. The lowest BCUT2D eigenvalue weighted by Gasteiger charge is -2.19. The molecule has 0 bridgehead atoms. The molecule has 0 atom stereocenters. The number of aromatic nitrogens is 3. The van der Waals surface area contributed by atoms with Crippen LogP contribution in [0.15, 0.2) is 17.5 Å². The van der Waals surface area contributed by atoms with Gasteiger partial charge in [0, 0.05) is 20.0 Å². The Morgan fingerprint density at radius 1 is 1.42 bits per heavy atom. The minimum atomic E-state index is -0.292. The fourth-order valence-corrected chi connectivity index (χ4v) is 3.52. The van der Waals surface area contributed by atoms with Crippen molar-refractivity contribution in [2.24, 2.45) is 7.05 Å². The van der Waals surface area contributed by atoms with Crippen LogP contribution >= 0.6 is 23.7 Å². The Morgan fingerprint density at radius 3 is 2.81 bits per heavy atom. The molecule has 1 saturated heterocycles. The van der Waals surface area contributed by atoms with E-state index in [-0.39, 0.29) is 30.8 Å². The van der Waals surface area contributed by atoms with Crippen LogP contribution in [0.25, 0.3) is 0 Å². The van der Waals surface area contributed by atoms with E-state index in [1.54, 1.807) is 24.8 Å². The summed E-state index contributed by atoms with van der Waals surface area (Å²) in [5.74, 6) is 1.04. The number of halogens is 1. The first-order valence-corrected chi connectivity index (χ1v) is 9.13. The fraction of sp³-hybridized carbons (Fsp3) is 0.500. The molecule has 0 aliphatic carbocycles. The maximum atomic E-state index is 12.2. The molecule has 1 fully saturated rings. The highest BCUT2D eigenvalue weighted by Gasteiger charge is 2.22. The minimum Gasteiger partial charge on any atom is -0.332 e. The predicted molar refractivity (Wildman–Crippen MR) is 103 cm³/mol. The Balaban J connectivity index is 0.00000243. The largest absolute Gasteiger partial charge is 0.332 e. The number of piperidine rings is 1. The van der Waals surface area contributed by atoms with Gasteiger partial charge < -0.3 is 10.2 Å². The van der Waals surface area contributed by atoms with Crippen LogP contribution in [0.2, 0.25) is 0 Å². The van der Waals surface area contributed by atoms with Gasteiger partial charge in [-0.3, -0.25) is 14.9 Å². The van der Waals surface area contributed by atoms with Crippen LogP contribution in [0, 0.1) is 0 Å². The van der Waals surface area contributed by atoms with Crippen molar-refractivity contribution in [3.05, 3.63) is 28.2 Å². The van der Waals surface area contributed by atoms with E-state index < -0.39 is 0 Å². The predicted octanol–water partition coefficient (Wildman–Crippen LogP) is 1.48. The van der Waals surface area contributed by atoms with Gasteiger partial charge in [0.1, 0.15) is 0 Å². The van der Waals surface area contributed by atoms with Gasteiger partial charge in [-0.15, -0.1) is 23.7 Å². The van der Waals surface area contributed by atoms with Gasteiger partial charge in [-0.05, 0) is 37.4 Å². The molecule has 26 heavy (non-hydrogen) atoms. The number of hydrogen-bond donors (Lipinski definition) is 2. The molecule has 0 spiro atoms. The second-order valence-electron chi connectivity index (χ2n) is 6.13. The molecule has 0 radical (unpaired) electrons. The normalized spacial score (nSPS) is 14.5. The molecule has 0 unspecified atom stereocenters. The Morgan fingerprint density at radius 2 is 2.15 bits per heavy atom. The van der Waals surface area contributed by atoms with Crippen LogP contribution in [0.4, 0.5) is 5.95 Å². The summed E-state index contributed by atoms with van der Waals surface area (Å²) < 4.78 is 1.58. The first-order chi connectivity index (χ1) is 12.0. The highest BCUT2D eigenvalue weighted by Crippen LogP contribution is 2.23. The highest BCUT2D eigenvalue weighted by atomic mass is 35.5. The number of anilines is 1. The van der Waals surface area contributed by atoms with E-state index in [2.05, 4.69) is 20.7 Å². The molecule has 3 rings (SSSR count). The maximum Gasteiger partial charge on any atom is 0.264 e. The highest BCUT2D eigenvalue weighted by molar-refractivity contribution is 7.12. The summed E-state index contributed by atoms with van der Waals surface area (Å²) in [6.45, 7) is 1.88. The SMILES string of the molecule is CN(CC(=O)Nc1nc(C2CCNCC2)nn1C)C(=O)c1cccs1.Cl. The van der Waals surface area contributed by atoms with Gasteiger partial charge in [-0.1, -0.05) is 6.07 Å². The van der Waals surface area contributed by atoms with Crippen molar-refractivity contribution < 1.29 is 9.59 Å². The second kappa shape index (κ2) is 9.11. The van der Waals surface area contributed by atoms with E-state index in [1.165, 1.54) is 16.2 Å². The van der Waals surface area contributed by atoms with Gasteiger partial charge in [0.05, 0.1) is 11.4 Å². The van der Waals surface area contributed by atoms with Gasteiger partial charge in [-0.25, -0.2) is 4.68 Å². The monoisotopic (exact) mass is 398 g/mol. The van der Waals surface area contributed by atoms with Crippen molar-refractivity contribution >= 4 is 41.5 Å². The van der Waals surface area contributed by atoms with Gasteiger partial charge in [0.2, 0.25) is 11.9 Å². The molecule has 2 aromatic heterocycles. The number of thiophene rings is 1. The van der Waals surface area contributed by atoms with Crippen molar-refractivity contribution in [3.63, 3.8) is 0 Å². The number of aryl methyl sites for hydroxylation is 1. The lowest BCUT2D eigenvalue weighted by atomic mass is 9.98. The molecule has 8 nitrogen and oxygen atoms in total. The minimum absolute atomic E-state index is 0. The second-order valence-corrected chi connectivity index (χ2v) is 7.08. The first-order valence-electron chi connectivity index (χ1n) is 8.25. The zero-order chi connectivity index (χ0) is 17.8. The average Bonchev–Trinajstić information content (AvgIpc) is 3.25. The third-order valence-corrected chi connectivity index (χ3v) is 5.05. The van der Waals surface area contributed by atoms with Gasteiger partial charge in [0.15, 0.2) is 5.82 Å². The van der Waals surface area contributed by atoms with E-state index in [0.29, 0.717) is 16.7 Å². The fourth-order valence-electron chi connectivity index (χ4n) is 2.81. The van der Waals surface area contributed by atoms with Crippen molar-refractivity contribution in [1.29, 1.82) is 0 Å².